The zero-order valence-corrected chi connectivity index (χ0v) is 11.1. The Balaban J connectivity index is 1.71. The predicted octanol–water partition coefficient (Wildman–Crippen LogP) is 2.94. The van der Waals surface area contributed by atoms with Crippen LogP contribution in [0.4, 0.5) is 0 Å². The molecule has 0 amide bonds. The van der Waals surface area contributed by atoms with E-state index in [0.29, 0.717) is 0 Å². The van der Waals surface area contributed by atoms with Gasteiger partial charge in [0.2, 0.25) is 0 Å². The van der Waals surface area contributed by atoms with Gasteiger partial charge in [-0.1, -0.05) is 39.0 Å². The molecular weight excluding hydrogens is 196 g/mol. The molecule has 0 aromatic heterocycles. The van der Waals surface area contributed by atoms with E-state index < -0.39 is 0 Å². The van der Waals surface area contributed by atoms with Crippen LogP contribution in [0.5, 0.6) is 0 Å². The van der Waals surface area contributed by atoms with Crippen LogP contribution in [0.3, 0.4) is 0 Å². The highest BCUT2D eigenvalue weighted by atomic mass is 14.9. The highest BCUT2D eigenvalue weighted by Crippen LogP contribution is 2.10. The molecule has 2 heteroatoms. The fourth-order valence-corrected chi connectivity index (χ4v) is 2.42. The monoisotopic (exact) mass is 226 g/mol. The Morgan fingerprint density at radius 3 is 2.62 bits per heavy atom. The van der Waals surface area contributed by atoms with Crippen LogP contribution in [0.25, 0.3) is 0 Å². The number of nitrogens with one attached hydrogen (secondary N) is 2. The van der Waals surface area contributed by atoms with Crippen LogP contribution in [0.1, 0.15) is 58.3 Å². The standard InChI is InChI=1S/C14H30N2/c1-2-3-4-5-6-7-10-15-11-8-14-9-12-16-13-14/h14-16H,2-13H2,1H3. The van der Waals surface area contributed by atoms with Gasteiger partial charge in [-0.3, -0.25) is 0 Å². The molecule has 0 aromatic rings. The molecule has 1 aliphatic rings. The quantitative estimate of drug-likeness (QED) is 0.560. The largest absolute Gasteiger partial charge is 0.317 e. The van der Waals surface area contributed by atoms with Crippen molar-refractivity contribution in [3.63, 3.8) is 0 Å². The minimum Gasteiger partial charge on any atom is -0.317 e. The molecule has 0 radical (unpaired) electrons. The lowest BCUT2D eigenvalue weighted by molar-refractivity contribution is 0.490. The van der Waals surface area contributed by atoms with Crippen LogP contribution >= 0.6 is 0 Å². The minimum atomic E-state index is 0.942. The van der Waals surface area contributed by atoms with E-state index in [2.05, 4.69) is 17.6 Å². The van der Waals surface area contributed by atoms with Crippen molar-refractivity contribution in [1.29, 1.82) is 0 Å². The minimum absolute atomic E-state index is 0.942. The molecule has 1 saturated heterocycles. The van der Waals surface area contributed by atoms with Crippen molar-refractivity contribution >= 4 is 0 Å². The SMILES string of the molecule is CCCCCCCCNCCC1CCNC1. The van der Waals surface area contributed by atoms with Gasteiger partial charge in [0.15, 0.2) is 0 Å². The molecule has 2 nitrogen and oxygen atoms in total. The summed E-state index contributed by atoms with van der Waals surface area (Å²) in [6.07, 6.45) is 11.2. The lowest BCUT2D eigenvalue weighted by Crippen LogP contribution is -2.20. The number of hydrogen-bond acceptors (Lipinski definition) is 2. The smallest absolute Gasteiger partial charge is 0.00196 e. The second-order valence-corrected chi connectivity index (χ2v) is 5.17. The second-order valence-electron chi connectivity index (χ2n) is 5.17. The Morgan fingerprint density at radius 1 is 1.06 bits per heavy atom. The maximum absolute atomic E-state index is 3.58. The van der Waals surface area contributed by atoms with Crippen LogP contribution in [-0.4, -0.2) is 26.2 Å². The first-order valence-corrected chi connectivity index (χ1v) is 7.35. The number of rotatable bonds is 10. The number of hydrogen-bond donors (Lipinski definition) is 2. The summed E-state index contributed by atoms with van der Waals surface area (Å²) in [7, 11) is 0. The summed E-state index contributed by atoms with van der Waals surface area (Å²) in [6, 6.07) is 0. The molecule has 2 N–H and O–H groups in total. The molecule has 0 bridgehead atoms. The fourth-order valence-electron chi connectivity index (χ4n) is 2.42. The Morgan fingerprint density at radius 2 is 1.88 bits per heavy atom. The van der Waals surface area contributed by atoms with Crippen LogP contribution in [0.2, 0.25) is 0 Å². The Kier molecular flexibility index (Phi) is 8.83. The molecule has 1 fully saturated rings. The first-order valence-electron chi connectivity index (χ1n) is 7.35. The molecule has 96 valence electrons. The van der Waals surface area contributed by atoms with E-state index in [9.17, 15) is 0 Å². The van der Waals surface area contributed by atoms with E-state index in [-0.39, 0.29) is 0 Å². The normalized spacial score (nSPS) is 20.4. The summed E-state index contributed by atoms with van der Waals surface area (Å²) in [5.41, 5.74) is 0. The predicted molar refractivity (Wildman–Crippen MR) is 71.8 cm³/mol. The molecule has 0 aliphatic carbocycles. The first-order chi connectivity index (χ1) is 7.93. The average Bonchev–Trinajstić information content (AvgIpc) is 2.80. The van der Waals surface area contributed by atoms with Gasteiger partial charge in [-0.15, -0.1) is 0 Å². The van der Waals surface area contributed by atoms with Crippen molar-refractivity contribution in [1.82, 2.24) is 10.6 Å². The maximum Gasteiger partial charge on any atom is -0.00196 e. The molecular formula is C14H30N2. The van der Waals surface area contributed by atoms with Gasteiger partial charge in [0, 0.05) is 0 Å². The molecule has 1 unspecified atom stereocenters. The van der Waals surface area contributed by atoms with Gasteiger partial charge in [0.05, 0.1) is 0 Å². The zero-order valence-electron chi connectivity index (χ0n) is 11.1. The van der Waals surface area contributed by atoms with Crippen LogP contribution in [0.15, 0.2) is 0 Å². The van der Waals surface area contributed by atoms with Crippen molar-refractivity contribution in [2.75, 3.05) is 26.2 Å². The lowest BCUT2D eigenvalue weighted by atomic mass is 10.1. The first kappa shape index (κ1) is 14.0. The van der Waals surface area contributed by atoms with Crippen LogP contribution in [0, 0.1) is 5.92 Å². The highest BCUT2D eigenvalue weighted by Gasteiger charge is 2.12. The van der Waals surface area contributed by atoms with Gasteiger partial charge in [0.1, 0.15) is 0 Å². The van der Waals surface area contributed by atoms with Crippen molar-refractivity contribution in [3.8, 4) is 0 Å². The van der Waals surface area contributed by atoms with E-state index in [1.54, 1.807) is 0 Å². The summed E-state index contributed by atoms with van der Waals surface area (Å²) in [5, 5.41) is 7.00. The van der Waals surface area contributed by atoms with Gasteiger partial charge < -0.3 is 10.6 Å². The fraction of sp³-hybridized carbons (Fsp3) is 1.00. The molecule has 0 spiro atoms. The third kappa shape index (κ3) is 7.24. The zero-order chi connectivity index (χ0) is 11.5. The van der Waals surface area contributed by atoms with E-state index in [0.717, 1.165) is 5.92 Å². The van der Waals surface area contributed by atoms with Gasteiger partial charge >= 0.3 is 0 Å². The Hall–Kier alpha value is -0.0800. The molecule has 16 heavy (non-hydrogen) atoms. The van der Waals surface area contributed by atoms with E-state index in [4.69, 9.17) is 0 Å². The van der Waals surface area contributed by atoms with Crippen molar-refractivity contribution in [2.45, 2.75) is 58.3 Å². The maximum atomic E-state index is 3.58. The molecule has 1 heterocycles. The Labute approximate surface area is 102 Å². The average molecular weight is 226 g/mol. The van der Waals surface area contributed by atoms with Crippen molar-refractivity contribution in [3.05, 3.63) is 0 Å². The summed E-state index contributed by atoms with van der Waals surface area (Å²) in [5.74, 6) is 0.942. The Bertz CT molecular complexity index is 142. The molecule has 0 aromatic carbocycles. The van der Waals surface area contributed by atoms with Crippen LogP contribution in [-0.2, 0) is 0 Å². The van der Waals surface area contributed by atoms with E-state index >= 15 is 0 Å². The molecule has 1 aliphatic heterocycles. The van der Waals surface area contributed by atoms with E-state index in [1.165, 1.54) is 77.5 Å². The number of unbranched alkanes of at least 4 members (excludes halogenated alkanes) is 5. The highest BCUT2D eigenvalue weighted by molar-refractivity contribution is 4.71. The molecule has 1 rings (SSSR count). The topological polar surface area (TPSA) is 24.1 Å². The molecule has 1 atom stereocenters. The molecule has 0 saturated carbocycles. The van der Waals surface area contributed by atoms with Gasteiger partial charge in [-0.05, 0) is 51.4 Å². The van der Waals surface area contributed by atoms with Gasteiger partial charge in [-0.25, -0.2) is 0 Å². The summed E-state index contributed by atoms with van der Waals surface area (Å²) in [6.45, 7) is 7.22. The summed E-state index contributed by atoms with van der Waals surface area (Å²) >= 11 is 0. The van der Waals surface area contributed by atoms with Crippen LogP contribution < -0.4 is 10.6 Å². The second kappa shape index (κ2) is 10.1. The van der Waals surface area contributed by atoms with Gasteiger partial charge in [0.25, 0.3) is 0 Å². The lowest BCUT2D eigenvalue weighted by Gasteiger charge is -2.09. The third-order valence-electron chi connectivity index (χ3n) is 3.60. The van der Waals surface area contributed by atoms with Crippen molar-refractivity contribution in [2.24, 2.45) is 5.92 Å². The van der Waals surface area contributed by atoms with E-state index in [1.807, 2.05) is 0 Å². The summed E-state index contributed by atoms with van der Waals surface area (Å²) < 4.78 is 0. The van der Waals surface area contributed by atoms with Gasteiger partial charge in [-0.2, -0.15) is 0 Å². The summed E-state index contributed by atoms with van der Waals surface area (Å²) in [4.78, 5) is 0. The third-order valence-corrected chi connectivity index (χ3v) is 3.60. The van der Waals surface area contributed by atoms with Crippen molar-refractivity contribution < 1.29 is 0 Å².